The number of piperidine rings is 1. The summed E-state index contributed by atoms with van der Waals surface area (Å²) in [4.78, 5) is 16.1. The predicted molar refractivity (Wildman–Crippen MR) is 87.6 cm³/mol. The molecule has 128 valence electrons. The predicted octanol–water partition coefficient (Wildman–Crippen LogP) is 0.793. The minimum absolute atomic E-state index is 0.0953. The van der Waals surface area contributed by atoms with Gasteiger partial charge >= 0.3 is 6.03 Å². The van der Waals surface area contributed by atoms with Gasteiger partial charge in [0, 0.05) is 39.3 Å². The lowest BCUT2D eigenvalue weighted by molar-refractivity contribution is 0.140. The van der Waals surface area contributed by atoms with Crippen LogP contribution in [0.4, 0.5) is 4.79 Å². The maximum atomic E-state index is 12.1. The molecule has 22 heavy (non-hydrogen) atoms. The quantitative estimate of drug-likeness (QED) is 0.827. The first-order valence-electron chi connectivity index (χ1n) is 8.20. The van der Waals surface area contributed by atoms with Crippen LogP contribution in [0.5, 0.6) is 0 Å². The number of amides is 2. The Morgan fingerprint density at radius 1 is 1.27 bits per heavy atom. The summed E-state index contributed by atoms with van der Waals surface area (Å²) in [6, 6.07) is -0.347. The molecule has 0 aromatic rings. The molecule has 0 saturated carbocycles. The molecule has 0 spiro atoms. The van der Waals surface area contributed by atoms with Crippen molar-refractivity contribution in [3.8, 4) is 0 Å². The summed E-state index contributed by atoms with van der Waals surface area (Å²) in [5.41, 5.74) is 0. The standard InChI is InChI=1S/C15H29N3O3S/c1-12-8-13(2)10-18(9-12)6-5-16-15(19)17(3)14-4-7-22(20,21)11-14/h12-14H,4-11H2,1-3H3,(H,16,19). The van der Waals surface area contributed by atoms with Crippen LogP contribution in [0.15, 0.2) is 0 Å². The van der Waals surface area contributed by atoms with Crippen LogP contribution in [-0.2, 0) is 9.84 Å². The van der Waals surface area contributed by atoms with E-state index < -0.39 is 9.84 Å². The molecule has 7 heteroatoms. The van der Waals surface area contributed by atoms with E-state index in [-0.39, 0.29) is 23.6 Å². The molecule has 0 aromatic carbocycles. The molecular weight excluding hydrogens is 302 g/mol. The third kappa shape index (κ3) is 4.84. The lowest BCUT2D eigenvalue weighted by Gasteiger charge is -2.35. The minimum atomic E-state index is -2.95. The second kappa shape index (κ2) is 7.17. The zero-order valence-electron chi connectivity index (χ0n) is 13.9. The fraction of sp³-hybridized carbons (Fsp3) is 0.933. The molecule has 0 radical (unpaired) electrons. The van der Waals surface area contributed by atoms with E-state index in [2.05, 4.69) is 24.1 Å². The molecule has 0 aromatic heterocycles. The van der Waals surface area contributed by atoms with E-state index in [1.807, 2.05) is 0 Å². The average Bonchev–Trinajstić information content (AvgIpc) is 2.77. The SMILES string of the molecule is CC1CC(C)CN(CCNC(=O)N(C)C2CCS(=O)(=O)C2)C1. The Balaban J connectivity index is 1.71. The summed E-state index contributed by atoms with van der Waals surface area (Å²) >= 11 is 0. The van der Waals surface area contributed by atoms with Crippen LogP contribution in [0.3, 0.4) is 0 Å². The molecule has 2 amide bonds. The Labute approximate surface area is 134 Å². The lowest BCUT2D eigenvalue weighted by atomic mass is 9.92. The maximum absolute atomic E-state index is 12.1. The van der Waals surface area contributed by atoms with Gasteiger partial charge in [0.05, 0.1) is 11.5 Å². The topological polar surface area (TPSA) is 69.7 Å². The van der Waals surface area contributed by atoms with Crippen molar-refractivity contribution < 1.29 is 13.2 Å². The average molecular weight is 331 g/mol. The van der Waals surface area contributed by atoms with Gasteiger partial charge in [0.2, 0.25) is 0 Å². The fourth-order valence-electron chi connectivity index (χ4n) is 3.67. The largest absolute Gasteiger partial charge is 0.337 e. The van der Waals surface area contributed by atoms with Gasteiger partial charge in [-0.2, -0.15) is 0 Å². The molecule has 6 nitrogen and oxygen atoms in total. The number of urea groups is 1. The number of nitrogens with one attached hydrogen (secondary N) is 1. The van der Waals surface area contributed by atoms with E-state index in [1.165, 1.54) is 6.42 Å². The van der Waals surface area contributed by atoms with Gasteiger partial charge in [-0.1, -0.05) is 13.8 Å². The number of hydrogen-bond acceptors (Lipinski definition) is 4. The van der Waals surface area contributed by atoms with E-state index in [9.17, 15) is 13.2 Å². The van der Waals surface area contributed by atoms with E-state index >= 15 is 0 Å². The number of carbonyl (C=O) groups excluding carboxylic acids is 1. The highest BCUT2D eigenvalue weighted by Gasteiger charge is 2.32. The van der Waals surface area contributed by atoms with Crippen molar-refractivity contribution >= 4 is 15.9 Å². The zero-order valence-corrected chi connectivity index (χ0v) is 14.7. The highest BCUT2D eigenvalue weighted by molar-refractivity contribution is 7.91. The second-order valence-electron chi connectivity index (χ2n) is 7.11. The Bertz CT molecular complexity index is 484. The molecule has 2 aliphatic heterocycles. The van der Waals surface area contributed by atoms with Crippen molar-refractivity contribution in [3.05, 3.63) is 0 Å². The fourth-order valence-corrected chi connectivity index (χ4v) is 5.44. The molecule has 2 heterocycles. The van der Waals surface area contributed by atoms with Gasteiger partial charge in [0.15, 0.2) is 9.84 Å². The smallest absolute Gasteiger partial charge is 0.317 e. The molecule has 2 saturated heterocycles. The molecule has 0 bridgehead atoms. The third-order valence-corrected chi connectivity index (χ3v) is 6.48. The van der Waals surface area contributed by atoms with Crippen LogP contribution in [0.1, 0.15) is 26.7 Å². The Kier molecular flexibility index (Phi) is 5.71. The monoisotopic (exact) mass is 331 g/mol. The van der Waals surface area contributed by atoms with Crippen molar-refractivity contribution in [2.45, 2.75) is 32.7 Å². The summed E-state index contributed by atoms with van der Waals surface area (Å²) in [5.74, 6) is 1.72. The Hall–Kier alpha value is -0.820. The first kappa shape index (κ1) is 17.5. The minimum Gasteiger partial charge on any atom is -0.337 e. The first-order valence-corrected chi connectivity index (χ1v) is 10.0. The number of carbonyl (C=O) groups is 1. The Morgan fingerprint density at radius 3 is 2.45 bits per heavy atom. The molecule has 1 N–H and O–H groups in total. The molecular formula is C15H29N3O3S. The molecule has 2 fully saturated rings. The number of sulfone groups is 1. The van der Waals surface area contributed by atoms with Crippen LogP contribution >= 0.6 is 0 Å². The van der Waals surface area contributed by atoms with Gasteiger partial charge in [-0.25, -0.2) is 13.2 Å². The van der Waals surface area contributed by atoms with E-state index in [0.29, 0.717) is 24.8 Å². The normalized spacial score (nSPS) is 31.9. The zero-order chi connectivity index (χ0) is 16.3. The first-order chi connectivity index (χ1) is 10.3. The summed E-state index contributed by atoms with van der Waals surface area (Å²) < 4.78 is 23.0. The Morgan fingerprint density at radius 2 is 1.91 bits per heavy atom. The van der Waals surface area contributed by atoms with Crippen molar-refractivity contribution in [2.75, 3.05) is 44.7 Å². The second-order valence-corrected chi connectivity index (χ2v) is 9.33. The number of rotatable bonds is 4. The third-order valence-electron chi connectivity index (χ3n) is 4.73. The molecule has 3 atom stereocenters. The van der Waals surface area contributed by atoms with Gasteiger partial charge in [0.25, 0.3) is 0 Å². The number of likely N-dealkylation sites (tertiary alicyclic amines) is 1. The van der Waals surface area contributed by atoms with Crippen molar-refractivity contribution in [2.24, 2.45) is 11.8 Å². The molecule has 0 aliphatic carbocycles. The van der Waals surface area contributed by atoms with Crippen LogP contribution in [0, 0.1) is 11.8 Å². The maximum Gasteiger partial charge on any atom is 0.317 e. The molecule has 3 unspecified atom stereocenters. The molecule has 2 aliphatic rings. The molecule has 2 rings (SSSR count). The summed E-state index contributed by atoms with van der Waals surface area (Å²) in [6.45, 7) is 8.21. The van der Waals surface area contributed by atoms with Crippen LogP contribution in [0.2, 0.25) is 0 Å². The van der Waals surface area contributed by atoms with E-state index in [4.69, 9.17) is 0 Å². The van der Waals surface area contributed by atoms with Gasteiger partial charge in [-0.05, 0) is 24.7 Å². The van der Waals surface area contributed by atoms with Crippen molar-refractivity contribution in [1.29, 1.82) is 0 Å². The van der Waals surface area contributed by atoms with Crippen molar-refractivity contribution in [1.82, 2.24) is 15.1 Å². The number of nitrogens with zero attached hydrogens (tertiary/aromatic N) is 2. The van der Waals surface area contributed by atoms with E-state index in [0.717, 1.165) is 19.6 Å². The van der Waals surface area contributed by atoms with E-state index in [1.54, 1.807) is 11.9 Å². The van der Waals surface area contributed by atoms with Gasteiger partial charge in [-0.15, -0.1) is 0 Å². The highest BCUT2D eigenvalue weighted by Crippen LogP contribution is 2.20. The van der Waals surface area contributed by atoms with Crippen LogP contribution in [-0.4, -0.2) is 75.0 Å². The van der Waals surface area contributed by atoms with Gasteiger partial charge < -0.3 is 15.1 Å². The number of hydrogen-bond donors (Lipinski definition) is 1. The summed E-state index contributed by atoms with van der Waals surface area (Å²) in [7, 11) is -1.27. The van der Waals surface area contributed by atoms with Crippen molar-refractivity contribution in [3.63, 3.8) is 0 Å². The highest BCUT2D eigenvalue weighted by atomic mass is 32.2. The summed E-state index contributed by atoms with van der Waals surface area (Å²) in [6.07, 6.45) is 1.83. The van der Waals surface area contributed by atoms with Crippen LogP contribution in [0.25, 0.3) is 0 Å². The van der Waals surface area contributed by atoms with Crippen LogP contribution < -0.4 is 5.32 Å². The van der Waals surface area contributed by atoms with Gasteiger partial charge in [-0.3, -0.25) is 0 Å². The van der Waals surface area contributed by atoms with Gasteiger partial charge in [0.1, 0.15) is 0 Å². The lowest BCUT2D eigenvalue weighted by Crippen LogP contribution is -2.47. The summed E-state index contributed by atoms with van der Waals surface area (Å²) in [5, 5.41) is 2.91.